The maximum absolute atomic E-state index is 13.0. The number of carbonyl (C=O) groups is 2. The van der Waals surface area contributed by atoms with E-state index in [2.05, 4.69) is 0 Å². The second kappa shape index (κ2) is 5.53. The van der Waals surface area contributed by atoms with Crippen molar-refractivity contribution in [1.29, 1.82) is 0 Å². The van der Waals surface area contributed by atoms with Crippen LogP contribution in [0.25, 0.3) is 11.3 Å². The summed E-state index contributed by atoms with van der Waals surface area (Å²) >= 11 is 0. The Hall–Kier alpha value is -2.63. The van der Waals surface area contributed by atoms with Crippen LogP contribution < -0.4 is 0 Å². The third-order valence-corrected chi connectivity index (χ3v) is 4.29. The van der Waals surface area contributed by atoms with Crippen LogP contribution in [0.3, 0.4) is 0 Å². The van der Waals surface area contributed by atoms with Crippen molar-refractivity contribution in [2.75, 3.05) is 6.54 Å². The molecule has 1 saturated heterocycles. The van der Waals surface area contributed by atoms with Crippen LogP contribution in [0.15, 0.2) is 40.8 Å². The largest absolute Gasteiger partial charge is 0.480 e. The number of hydrogen-bond acceptors (Lipinski definition) is 3. The van der Waals surface area contributed by atoms with Crippen molar-refractivity contribution in [2.24, 2.45) is 0 Å². The van der Waals surface area contributed by atoms with Gasteiger partial charge in [-0.15, -0.1) is 0 Å². The Morgan fingerprint density at radius 1 is 1.22 bits per heavy atom. The molecule has 1 aliphatic heterocycles. The van der Waals surface area contributed by atoms with Gasteiger partial charge in [0.1, 0.15) is 17.1 Å². The van der Waals surface area contributed by atoms with Crippen molar-refractivity contribution < 1.29 is 23.5 Å². The van der Waals surface area contributed by atoms with E-state index in [-0.39, 0.29) is 11.6 Å². The van der Waals surface area contributed by atoms with Crippen LogP contribution in [0.2, 0.25) is 0 Å². The van der Waals surface area contributed by atoms with Crippen molar-refractivity contribution in [3.05, 3.63) is 48.0 Å². The van der Waals surface area contributed by atoms with Crippen LogP contribution in [0.4, 0.5) is 4.39 Å². The highest BCUT2D eigenvalue weighted by Gasteiger charge is 2.46. The third-order valence-electron chi connectivity index (χ3n) is 4.29. The lowest BCUT2D eigenvalue weighted by molar-refractivity contribution is -0.147. The maximum atomic E-state index is 13.0. The van der Waals surface area contributed by atoms with Gasteiger partial charge in [-0.1, -0.05) is 0 Å². The average Bonchev–Trinajstić information content (AvgIpc) is 3.15. The van der Waals surface area contributed by atoms with Gasteiger partial charge >= 0.3 is 5.97 Å². The average molecular weight is 317 g/mol. The Morgan fingerprint density at radius 2 is 1.91 bits per heavy atom. The summed E-state index contributed by atoms with van der Waals surface area (Å²) in [4.78, 5) is 25.4. The lowest BCUT2D eigenvalue weighted by Crippen LogP contribution is -2.50. The molecular weight excluding hydrogens is 301 g/mol. The van der Waals surface area contributed by atoms with E-state index in [4.69, 9.17) is 4.42 Å². The lowest BCUT2D eigenvalue weighted by Gasteiger charge is -2.30. The molecule has 1 N–H and O–H groups in total. The monoisotopic (exact) mass is 317 g/mol. The van der Waals surface area contributed by atoms with Crippen molar-refractivity contribution >= 4 is 11.9 Å². The molecule has 1 amide bonds. The second-order valence-electron chi connectivity index (χ2n) is 5.81. The predicted molar refractivity (Wildman–Crippen MR) is 80.4 cm³/mol. The molecule has 5 nitrogen and oxygen atoms in total. The molecule has 1 atom stereocenters. The first-order chi connectivity index (χ1) is 10.9. The van der Waals surface area contributed by atoms with E-state index < -0.39 is 17.4 Å². The summed E-state index contributed by atoms with van der Waals surface area (Å²) in [6, 6.07) is 8.86. The summed E-state index contributed by atoms with van der Waals surface area (Å²) in [5.74, 6) is -1.30. The molecule has 3 rings (SSSR count). The minimum absolute atomic E-state index is 0.0821. The quantitative estimate of drug-likeness (QED) is 0.944. The zero-order chi connectivity index (χ0) is 16.6. The molecule has 0 bridgehead atoms. The van der Waals surface area contributed by atoms with E-state index in [1.54, 1.807) is 25.1 Å². The molecule has 0 spiro atoms. The molecular formula is C17H16FNO4. The number of benzene rings is 1. The fourth-order valence-electron chi connectivity index (χ4n) is 2.87. The summed E-state index contributed by atoms with van der Waals surface area (Å²) in [6.45, 7) is 1.93. The first-order valence-corrected chi connectivity index (χ1v) is 7.33. The first kappa shape index (κ1) is 15.3. The molecule has 1 aromatic heterocycles. The molecule has 0 aliphatic carbocycles. The molecule has 0 saturated carbocycles. The van der Waals surface area contributed by atoms with E-state index in [1.807, 2.05) is 0 Å². The van der Waals surface area contributed by atoms with Gasteiger partial charge in [-0.25, -0.2) is 9.18 Å². The molecule has 2 aromatic rings. The van der Waals surface area contributed by atoms with Gasteiger partial charge in [0, 0.05) is 12.1 Å². The summed E-state index contributed by atoms with van der Waals surface area (Å²) in [5.41, 5.74) is -0.562. The number of amides is 1. The summed E-state index contributed by atoms with van der Waals surface area (Å²) in [7, 11) is 0. The SMILES string of the molecule is CC1(C(=O)O)CCCN1C(=O)c1ccc(-c2ccc(F)cc2)o1. The molecule has 2 heterocycles. The van der Waals surface area contributed by atoms with Crippen LogP contribution in [-0.4, -0.2) is 34.0 Å². The molecule has 6 heteroatoms. The van der Waals surface area contributed by atoms with E-state index >= 15 is 0 Å². The Bertz CT molecular complexity index is 752. The van der Waals surface area contributed by atoms with Gasteiger partial charge in [0.2, 0.25) is 0 Å². The fourth-order valence-corrected chi connectivity index (χ4v) is 2.87. The number of hydrogen-bond donors (Lipinski definition) is 1. The molecule has 1 aromatic carbocycles. The van der Waals surface area contributed by atoms with Gasteiger partial charge in [-0.3, -0.25) is 4.79 Å². The highest BCUT2D eigenvalue weighted by Crippen LogP contribution is 2.32. The van der Waals surface area contributed by atoms with Crippen molar-refractivity contribution in [3.63, 3.8) is 0 Å². The Labute approximate surface area is 132 Å². The number of nitrogens with zero attached hydrogens (tertiary/aromatic N) is 1. The molecule has 0 radical (unpaired) electrons. The van der Waals surface area contributed by atoms with Gasteiger partial charge in [-0.05, 0) is 56.2 Å². The van der Waals surface area contributed by atoms with E-state index in [0.29, 0.717) is 30.7 Å². The van der Waals surface area contributed by atoms with Gasteiger partial charge in [0.05, 0.1) is 0 Å². The number of likely N-dealkylation sites (tertiary alicyclic amines) is 1. The van der Waals surface area contributed by atoms with Crippen molar-refractivity contribution in [3.8, 4) is 11.3 Å². The van der Waals surface area contributed by atoms with E-state index in [9.17, 15) is 19.1 Å². The zero-order valence-corrected chi connectivity index (χ0v) is 12.6. The fraction of sp³-hybridized carbons (Fsp3) is 0.294. The standard InChI is InChI=1S/C17H16FNO4/c1-17(16(21)22)9-2-10-19(17)15(20)14-8-7-13(23-14)11-3-5-12(18)6-4-11/h3-8H,2,9-10H2,1H3,(H,21,22). The molecule has 1 aliphatic rings. The van der Waals surface area contributed by atoms with Gasteiger partial charge in [-0.2, -0.15) is 0 Å². The Kier molecular flexibility index (Phi) is 3.67. The van der Waals surface area contributed by atoms with Crippen LogP contribution in [0.5, 0.6) is 0 Å². The summed E-state index contributed by atoms with van der Waals surface area (Å²) in [6.07, 6.45) is 1.06. The number of halogens is 1. The topological polar surface area (TPSA) is 70.8 Å². The number of carboxylic acid groups (broad SMARTS) is 1. The number of carboxylic acids is 1. The van der Waals surface area contributed by atoms with E-state index in [1.165, 1.54) is 23.1 Å². The van der Waals surface area contributed by atoms with Gasteiger partial charge < -0.3 is 14.4 Å². The number of aliphatic carboxylic acids is 1. The van der Waals surface area contributed by atoms with E-state index in [0.717, 1.165) is 0 Å². The molecule has 23 heavy (non-hydrogen) atoms. The highest BCUT2D eigenvalue weighted by atomic mass is 19.1. The molecule has 1 fully saturated rings. The van der Waals surface area contributed by atoms with Crippen LogP contribution >= 0.6 is 0 Å². The normalized spacial score (nSPS) is 20.7. The summed E-state index contributed by atoms with van der Waals surface area (Å²) in [5, 5.41) is 9.39. The van der Waals surface area contributed by atoms with Gasteiger partial charge in [0.15, 0.2) is 5.76 Å². The highest BCUT2D eigenvalue weighted by molar-refractivity contribution is 5.96. The minimum Gasteiger partial charge on any atom is -0.480 e. The zero-order valence-electron chi connectivity index (χ0n) is 12.6. The number of rotatable bonds is 3. The maximum Gasteiger partial charge on any atom is 0.329 e. The molecule has 1 unspecified atom stereocenters. The van der Waals surface area contributed by atoms with Crippen LogP contribution in [-0.2, 0) is 4.79 Å². The van der Waals surface area contributed by atoms with Crippen LogP contribution in [0.1, 0.15) is 30.3 Å². The van der Waals surface area contributed by atoms with Crippen molar-refractivity contribution in [2.45, 2.75) is 25.3 Å². The Balaban J connectivity index is 1.87. The number of carbonyl (C=O) groups excluding carboxylic acids is 1. The number of furan rings is 1. The first-order valence-electron chi connectivity index (χ1n) is 7.33. The van der Waals surface area contributed by atoms with Gasteiger partial charge in [0.25, 0.3) is 5.91 Å². The van der Waals surface area contributed by atoms with Crippen LogP contribution in [0, 0.1) is 5.82 Å². The lowest BCUT2D eigenvalue weighted by atomic mass is 9.99. The molecule has 120 valence electrons. The van der Waals surface area contributed by atoms with Crippen molar-refractivity contribution in [1.82, 2.24) is 4.90 Å². The Morgan fingerprint density at radius 3 is 2.57 bits per heavy atom. The second-order valence-corrected chi connectivity index (χ2v) is 5.81. The summed E-state index contributed by atoms with van der Waals surface area (Å²) < 4.78 is 18.5. The minimum atomic E-state index is -1.21. The predicted octanol–water partition coefficient (Wildman–Crippen LogP) is 3.17. The third kappa shape index (κ3) is 2.60. The smallest absolute Gasteiger partial charge is 0.329 e.